The standard InChI is InChI=1S/C20H19N/c1-21-20-11-9-18-13-17(8-10-19(18)20)16-7-6-14-4-2-3-5-15(14)12-16/h2-8,10,12-13,20-21H,9,11H2,1H3. The van der Waals surface area contributed by atoms with Gasteiger partial charge in [0.05, 0.1) is 0 Å². The van der Waals surface area contributed by atoms with E-state index in [1.165, 1.54) is 45.9 Å². The van der Waals surface area contributed by atoms with Crippen LogP contribution in [0.15, 0.2) is 60.7 Å². The fourth-order valence-electron chi connectivity index (χ4n) is 3.47. The molecule has 3 aromatic carbocycles. The van der Waals surface area contributed by atoms with E-state index in [0.29, 0.717) is 6.04 Å². The van der Waals surface area contributed by atoms with E-state index < -0.39 is 0 Å². The van der Waals surface area contributed by atoms with Crippen LogP contribution < -0.4 is 5.32 Å². The number of hydrogen-bond acceptors (Lipinski definition) is 1. The van der Waals surface area contributed by atoms with E-state index in [1.54, 1.807) is 0 Å². The molecule has 1 heteroatoms. The van der Waals surface area contributed by atoms with Crippen molar-refractivity contribution in [3.63, 3.8) is 0 Å². The summed E-state index contributed by atoms with van der Waals surface area (Å²) in [5.41, 5.74) is 5.61. The van der Waals surface area contributed by atoms with Crippen molar-refractivity contribution in [2.24, 2.45) is 0 Å². The van der Waals surface area contributed by atoms with Gasteiger partial charge in [0.2, 0.25) is 0 Å². The topological polar surface area (TPSA) is 12.0 Å². The summed E-state index contributed by atoms with van der Waals surface area (Å²) in [7, 11) is 2.05. The molecule has 0 radical (unpaired) electrons. The SMILES string of the molecule is CNC1CCc2cc(-c3ccc4ccccc4c3)ccc21. The fraction of sp³-hybridized carbons (Fsp3) is 0.200. The first-order valence-electron chi connectivity index (χ1n) is 7.64. The van der Waals surface area contributed by atoms with Gasteiger partial charge in [0.15, 0.2) is 0 Å². The Labute approximate surface area is 125 Å². The summed E-state index contributed by atoms with van der Waals surface area (Å²) >= 11 is 0. The second-order valence-corrected chi connectivity index (χ2v) is 5.86. The number of rotatable bonds is 2. The van der Waals surface area contributed by atoms with Gasteiger partial charge in [0.1, 0.15) is 0 Å². The lowest BCUT2D eigenvalue weighted by Gasteiger charge is -2.11. The van der Waals surface area contributed by atoms with Gasteiger partial charge in [-0.05, 0) is 59.0 Å². The van der Waals surface area contributed by atoms with Gasteiger partial charge in [0, 0.05) is 6.04 Å². The summed E-state index contributed by atoms with van der Waals surface area (Å²) in [6, 6.07) is 22.8. The summed E-state index contributed by atoms with van der Waals surface area (Å²) in [4.78, 5) is 0. The van der Waals surface area contributed by atoms with Crippen LogP contribution in [-0.4, -0.2) is 7.05 Å². The van der Waals surface area contributed by atoms with Crippen LogP contribution in [0.1, 0.15) is 23.6 Å². The van der Waals surface area contributed by atoms with Crippen molar-refractivity contribution in [3.05, 3.63) is 71.8 Å². The quantitative estimate of drug-likeness (QED) is 0.712. The first-order valence-corrected chi connectivity index (χ1v) is 7.64. The van der Waals surface area contributed by atoms with Crippen LogP contribution in [-0.2, 0) is 6.42 Å². The minimum atomic E-state index is 0.533. The highest BCUT2D eigenvalue weighted by Gasteiger charge is 2.20. The van der Waals surface area contributed by atoms with Crippen LogP contribution in [0, 0.1) is 0 Å². The first-order chi connectivity index (χ1) is 10.3. The molecule has 0 bridgehead atoms. The minimum Gasteiger partial charge on any atom is -0.313 e. The first kappa shape index (κ1) is 12.6. The zero-order valence-corrected chi connectivity index (χ0v) is 12.3. The van der Waals surface area contributed by atoms with Gasteiger partial charge in [-0.25, -0.2) is 0 Å². The third kappa shape index (κ3) is 2.14. The normalized spacial score (nSPS) is 17.1. The molecule has 0 amide bonds. The van der Waals surface area contributed by atoms with Gasteiger partial charge in [-0.2, -0.15) is 0 Å². The Kier molecular flexibility index (Phi) is 3.01. The van der Waals surface area contributed by atoms with Crippen LogP contribution in [0.2, 0.25) is 0 Å². The molecule has 0 spiro atoms. The Balaban J connectivity index is 1.79. The fourth-order valence-corrected chi connectivity index (χ4v) is 3.47. The van der Waals surface area contributed by atoms with E-state index in [2.05, 4.69) is 73.0 Å². The summed E-state index contributed by atoms with van der Waals surface area (Å²) < 4.78 is 0. The largest absolute Gasteiger partial charge is 0.313 e. The third-order valence-corrected chi connectivity index (χ3v) is 4.65. The number of fused-ring (bicyclic) bond motifs is 2. The van der Waals surface area contributed by atoms with E-state index in [9.17, 15) is 0 Å². The highest BCUT2D eigenvalue weighted by Crippen LogP contribution is 2.34. The predicted octanol–water partition coefficient (Wildman–Crippen LogP) is 4.71. The Bertz CT molecular complexity index is 804. The molecule has 4 rings (SSSR count). The monoisotopic (exact) mass is 273 g/mol. The van der Waals surface area contributed by atoms with Crippen molar-refractivity contribution < 1.29 is 0 Å². The van der Waals surface area contributed by atoms with Crippen LogP contribution in [0.3, 0.4) is 0 Å². The lowest BCUT2D eigenvalue weighted by molar-refractivity contribution is 0.590. The van der Waals surface area contributed by atoms with Crippen molar-refractivity contribution in [3.8, 4) is 11.1 Å². The molecule has 0 aromatic heterocycles. The molecular weight excluding hydrogens is 254 g/mol. The molecular formula is C20H19N. The van der Waals surface area contributed by atoms with Crippen molar-refractivity contribution >= 4 is 10.8 Å². The molecule has 3 aromatic rings. The number of aryl methyl sites for hydroxylation is 1. The Morgan fingerprint density at radius 2 is 1.62 bits per heavy atom. The molecule has 1 N–H and O–H groups in total. The number of hydrogen-bond donors (Lipinski definition) is 1. The van der Waals surface area contributed by atoms with Gasteiger partial charge >= 0.3 is 0 Å². The van der Waals surface area contributed by atoms with Crippen molar-refractivity contribution in [2.45, 2.75) is 18.9 Å². The van der Waals surface area contributed by atoms with Crippen molar-refractivity contribution in [1.82, 2.24) is 5.32 Å². The number of benzene rings is 3. The average molecular weight is 273 g/mol. The molecule has 0 fully saturated rings. The lowest BCUT2D eigenvalue weighted by Crippen LogP contribution is -2.12. The van der Waals surface area contributed by atoms with Crippen LogP contribution in [0.4, 0.5) is 0 Å². The second-order valence-electron chi connectivity index (χ2n) is 5.86. The van der Waals surface area contributed by atoms with E-state index in [-0.39, 0.29) is 0 Å². The van der Waals surface area contributed by atoms with Gasteiger partial charge in [-0.3, -0.25) is 0 Å². The molecule has 0 saturated carbocycles. The molecule has 1 nitrogen and oxygen atoms in total. The minimum absolute atomic E-state index is 0.533. The van der Waals surface area contributed by atoms with E-state index in [4.69, 9.17) is 0 Å². The summed E-state index contributed by atoms with van der Waals surface area (Å²) in [5.74, 6) is 0. The van der Waals surface area contributed by atoms with Crippen LogP contribution >= 0.6 is 0 Å². The zero-order valence-electron chi connectivity index (χ0n) is 12.3. The predicted molar refractivity (Wildman–Crippen MR) is 89.5 cm³/mol. The van der Waals surface area contributed by atoms with E-state index >= 15 is 0 Å². The lowest BCUT2D eigenvalue weighted by atomic mass is 9.97. The Hall–Kier alpha value is -2.12. The van der Waals surface area contributed by atoms with Crippen molar-refractivity contribution in [1.29, 1.82) is 0 Å². The molecule has 1 aliphatic carbocycles. The highest BCUT2D eigenvalue weighted by molar-refractivity contribution is 5.87. The smallest absolute Gasteiger partial charge is 0.0323 e. The molecule has 1 unspecified atom stereocenters. The molecule has 21 heavy (non-hydrogen) atoms. The third-order valence-electron chi connectivity index (χ3n) is 4.65. The Morgan fingerprint density at radius 3 is 2.48 bits per heavy atom. The maximum absolute atomic E-state index is 3.40. The summed E-state index contributed by atoms with van der Waals surface area (Å²) in [5, 5.41) is 6.02. The summed E-state index contributed by atoms with van der Waals surface area (Å²) in [6.07, 6.45) is 2.40. The van der Waals surface area contributed by atoms with Gasteiger partial charge in [-0.1, -0.05) is 54.6 Å². The number of nitrogens with one attached hydrogen (secondary N) is 1. The molecule has 0 heterocycles. The Morgan fingerprint density at radius 1 is 0.857 bits per heavy atom. The van der Waals surface area contributed by atoms with Gasteiger partial charge in [-0.15, -0.1) is 0 Å². The summed E-state index contributed by atoms with van der Waals surface area (Å²) in [6.45, 7) is 0. The maximum Gasteiger partial charge on any atom is 0.0323 e. The average Bonchev–Trinajstić information content (AvgIpc) is 2.96. The maximum atomic E-state index is 3.40. The zero-order chi connectivity index (χ0) is 14.2. The molecule has 1 aliphatic rings. The van der Waals surface area contributed by atoms with Crippen molar-refractivity contribution in [2.75, 3.05) is 7.05 Å². The van der Waals surface area contributed by atoms with Gasteiger partial charge in [0.25, 0.3) is 0 Å². The van der Waals surface area contributed by atoms with E-state index in [1.807, 2.05) is 0 Å². The van der Waals surface area contributed by atoms with Crippen LogP contribution in [0.5, 0.6) is 0 Å². The van der Waals surface area contributed by atoms with E-state index in [0.717, 1.165) is 0 Å². The van der Waals surface area contributed by atoms with Crippen LogP contribution in [0.25, 0.3) is 21.9 Å². The highest BCUT2D eigenvalue weighted by atomic mass is 14.9. The molecule has 104 valence electrons. The van der Waals surface area contributed by atoms with Gasteiger partial charge < -0.3 is 5.32 Å². The molecule has 0 saturated heterocycles. The molecule has 0 aliphatic heterocycles. The second kappa shape index (κ2) is 5.01. The molecule has 1 atom stereocenters.